The second kappa shape index (κ2) is 4.89. The van der Waals surface area contributed by atoms with E-state index in [0.29, 0.717) is 6.07 Å². The van der Waals surface area contributed by atoms with Gasteiger partial charge in [-0.1, -0.05) is 9.59 Å². The molecule has 0 atom stereocenters. The number of halogens is 1. The Kier molecular flexibility index (Phi) is 3.29. The van der Waals surface area contributed by atoms with E-state index in [2.05, 4.69) is 20.1 Å². The lowest BCUT2D eigenvalue weighted by Crippen LogP contribution is -2.15. The van der Waals surface area contributed by atoms with Crippen molar-refractivity contribution in [3.05, 3.63) is 33.6 Å². The maximum Gasteiger partial charge on any atom is 0.285 e. The van der Waals surface area contributed by atoms with Crippen LogP contribution in [0.4, 0.5) is 20.9 Å². The Labute approximate surface area is 108 Å². The molecule has 0 aliphatic heterocycles. The summed E-state index contributed by atoms with van der Waals surface area (Å²) in [6.45, 7) is 0. The molecule has 11 heteroatoms. The average molecular weight is 284 g/mol. The molecule has 9 nitrogen and oxygen atoms in total. The molecule has 0 aliphatic carbocycles. The van der Waals surface area contributed by atoms with Crippen LogP contribution < -0.4 is 11.1 Å². The molecule has 0 saturated heterocycles. The number of carbonyl (C=O) groups excluding carboxylic acids is 1. The zero-order valence-corrected chi connectivity index (χ0v) is 9.85. The molecular weight excluding hydrogens is 279 g/mol. The van der Waals surface area contributed by atoms with E-state index in [1.54, 1.807) is 0 Å². The highest BCUT2D eigenvalue weighted by Crippen LogP contribution is 2.25. The highest BCUT2D eigenvalue weighted by Gasteiger charge is 2.23. The van der Waals surface area contributed by atoms with Crippen LogP contribution >= 0.6 is 11.5 Å². The predicted octanol–water partition coefficient (Wildman–Crippen LogP) is 0.815. The lowest BCUT2D eigenvalue weighted by atomic mass is 10.1. The number of carbonyl (C=O) groups is 1. The number of nitrogens with zero attached hydrogens (tertiary/aromatic N) is 4. The summed E-state index contributed by atoms with van der Waals surface area (Å²) in [6.07, 6.45) is 0. The zero-order valence-electron chi connectivity index (χ0n) is 9.03. The number of nitrogen functional groups attached to an aromatic ring is 1. The maximum absolute atomic E-state index is 13.2. The zero-order chi connectivity index (χ0) is 14.0. The van der Waals surface area contributed by atoms with Gasteiger partial charge in [0, 0.05) is 11.5 Å². The molecule has 0 bridgehead atoms. The molecule has 0 spiro atoms. The van der Waals surface area contributed by atoms with E-state index in [-0.39, 0.29) is 16.4 Å². The van der Waals surface area contributed by atoms with Crippen LogP contribution in [0.5, 0.6) is 0 Å². The van der Waals surface area contributed by atoms with Crippen molar-refractivity contribution < 1.29 is 14.1 Å². The third kappa shape index (κ3) is 2.60. The number of hydrogen-bond donors (Lipinski definition) is 2. The Hall–Kier alpha value is -2.69. The van der Waals surface area contributed by atoms with Crippen LogP contribution in [0.2, 0.25) is 0 Å². The summed E-state index contributed by atoms with van der Waals surface area (Å²) < 4.78 is 16.6. The smallest absolute Gasteiger partial charge is 0.285 e. The number of hydrogen-bond acceptors (Lipinski definition) is 8. The van der Waals surface area contributed by atoms with E-state index < -0.39 is 22.3 Å². The van der Waals surface area contributed by atoms with Crippen LogP contribution in [0.1, 0.15) is 10.4 Å². The van der Waals surface area contributed by atoms with E-state index in [9.17, 15) is 19.3 Å². The van der Waals surface area contributed by atoms with Gasteiger partial charge in [0.2, 0.25) is 5.13 Å². The molecule has 1 heterocycles. The fraction of sp³-hybridized carbons (Fsp3) is 0. The molecule has 3 N–H and O–H groups in total. The number of nitro groups is 1. The van der Waals surface area contributed by atoms with Gasteiger partial charge in [-0.15, -0.1) is 0 Å². The fourth-order valence-corrected chi connectivity index (χ4v) is 1.62. The second-order valence-electron chi connectivity index (χ2n) is 3.27. The number of nitro benzene ring substituents is 1. The summed E-state index contributed by atoms with van der Waals surface area (Å²) >= 11 is 0.788. The van der Waals surface area contributed by atoms with E-state index in [4.69, 9.17) is 5.73 Å². The first kappa shape index (κ1) is 12.8. The van der Waals surface area contributed by atoms with Crippen LogP contribution in [0.3, 0.4) is 0 Å². The summed E-state index contributed by atoms with van der Waals surface area (Å²) in [5.41, 5.74) is 3.85. The number of anilines is 2. The number of nitrogens with one attached hydrogen (secondary N) is 1. The number of aromatic nitrogens is 3. The van der Waals surface area contributed by atoms with Gasteiger partial charge in [-0.25, -0.2) is 4.39 Å². The van der Waals surface area contributed by atoms with Gasteiger partial charge < -0.3 is 5.73 Å². The van der Waals surface area contributed by atoms with Crippen molar-refractivity contribution in [3.63, 3.8) is 0 Å². The topological polar surface area (TPSA) is 137 Å². The Morgan fingerprint density at radius 1 is 1.53 bits per heavy atom. The Balaban J connectivity index is 2.40. The average Bonchev–Trinajstić information content (AvgIpc) is 2.84. The number of amides is 1. The van der Waals surface area contributed by atoms with Gasteiger partial charge in [0.05, 0.1) is 16.7 Å². The predicted molar refractivity (Wildman–Crippen MR) is 63.1 cm³/mol. The molecule has 0 aliphatic rings. The second-order valence-corrected chi connectivity index (χ2v) is 4.00. The van der Waals surface area contributed by atoms with Crippen molar-refractivity contribution in [1.82, 2.24) is 14.8 Å². The summed E-state index contributed by atoms with van der Waals surface area (Å²) in [5.74, 6) is -1.82. The molecular formula is C8H5FN6O3S. The maximum atomic E-state index is 13.2. The third-order valence-corrected chi connectivity index (χ3v) is 2.59. The number of rotatable bonds is 3. The molecule has 98 valence electrons. The Morgan fingerprint density at radius 2 is 2.26 bits per heavy atom. The third-order valence-electron chi connectivity index (χ3n) is 2.08. The van der Waals surface area contributed by atoms with Gasteiger partial charge in [0.25, 0.3) is 11.6 Å². The Morgan fingerprint density at radius 3 is 2.84 bits per heavy atom. The number of nitrogens with two attached hydrogens (primary N) is 1. The summed E-state index contributed by atoms with van der Waals surface area (Å²) in [6, 6.07) is 1.47. The first-order valence-corrected chi connectivity index (χ1v) is 5.46. The molecule has 1 aromatic carbocycles. The quantitative estimate of drug-likeness (QED) is 0.483. The molecule has 0 fully saturated rings. The van der Waals surface area contributed by atoms with Crippen molar-refractivity contribution in [2.45, 2.75) is 0 Å². The minimum Gasteiger partial charge on any atom is -0.396 e. The highest BCUT2D eigenvalue weighted by molar-refractivity contribution is 7.09. The molecule has 0 saturated carbocycles. The van der Waals surface area contributed by atoms with Gasteiger partial charge in [-0.2, -0.15) is 0 Å². The van der Waals surface area contributed by atoms with Crippen molar-refractivity contribution in [1.29, 1.82) is 0 Å². The fourth-order valence-electron chi connectivity index (χ4n) is 1.26. The van der Waals surface area contributed by atoms with Gasteiger partial charge in [-0.3, -0.25) is 20.2 Å². The molecule has 1 amide bonds. The monoisotopic (exact) mass is 284 g/mol. The molecule has 2 rings (SSSR count). The van der Waals surface area contributed by atoms with Crippen LogP contribution in [0.25, 0.3) is 0 Å². The van der Waals surface area contributed by atoms with E-state index in [1.807, 2.05) is 0 Å². The van der Waals surface area contributed by atoms with Gasteiger partial charge in [0.15, 0.2) is 5.82 Å². The van der Waals surface area contributed by atoms with Gasteiger partial charge >= 0.3 is 0 Å². The first-order chi connectivity index (χ1) is 8.99. The largest absolute Gasteiger partial charge is 0.396 e. The van der Waals surface area contributed by atoms with Crippen LogP contribution in [0, 0.1) is 15.9 Å². The van der Waals surface area contributed by atoms with E-state index in [0.717, 1.165) is 17.6 Å². The lowest BCUT2D eigenvalue weighted by molar-refractivity contribution is -0.385. The van der Waals surface area contributed by atoms with Crippen LogP contribution in [-0.4, -0.2) is 25.6 Å². The molecule has 2 aromatic rings. The standard InChI is InChI=1S/C8H5FN6O3S/c9-4-2-6(15(17)18)3(1-5(4)10)7(16)11-8-12-13-14-19-8/h1-2H,10H2,(H,11,12,14,16). The first-order valence-electron chi connectivity index (χ1n) is 4.69. The minimum atomic E-state index is -0.971. The Bertz CT molecular complexity index is 646. The normalized spacial score (nSPS) is 10.2. The van der Waals surface area contributed by atoms with Crippen LogP contribution in [0.15, 0.2) is 12.1 Å². The highest BCUT2D eigenvalue weighted by atomic mass is 32.1. The number of benzene rings is 1. The summed E-state index contributed by atoms with van der Waals surface area (Å²) in [7, 11) is 0. The van der Waals surface area contributed by atoms with Gasteiger partial charge in [0.1, 0.15) is 5.56 Å². The molecule has 0 radical (unpaired) electrons. The van der Waals surface area contributed by atoms with Gasteiger partial charge in [-0.05, 0) is 11.3 Å². The summed E-state index contributed by atoms with van der Waals surface area (Å²) in [4.78, 5) is 21.7. The summed E-state index contributed by atoms with van der Waals surface area (Å²) in [5, 5.41) is 19.8. The van der Waals surface area contributed by atoms with Crippen molar-refractivity contribution in [2.24, 2.45) is 0 Å². The molecule has 1 aromatic heterocycles. The van der Waals surface area contributed by atoms with E-state index in [1.165, 1.54) is 0 Å². The van der Waals surface area contributed by atoms with Crippen LogP contribution in [-0.2, 0) is 0 Å². The van der Waals surface area contributed by atoms with E-state index >= 15 is 0 Å². The molecule has 19 heavy (non-hydrogen) atoms. The van der Waals surface area contributed by atoms with Crippen molar-refractivity contribution in [2.75, 3.05) is 11.1 Å². The minimum absolute atomic E-state index is 0.0576. The van der Waals surface area contributed by atoms with Crippen molar-refractivity contribution >= 4 is 33.9 Å². The molecule has 0 unspecified atom stereocenters. The lowest BCUT2D eigenvalue weighted by Gasteiger charge is -2.04. The van der Waals surface area contributed by atoms with Crippen molar-refractivity contribution in [3.8, 4) is 0 Å². The SMILES string of the molecule is Nc1cc(C(=O)Nc2nnns2)c([N+](=O)[O-])cc1F.